The van der Waals surface area contributed by atoms with Gasteiger partial charge in [0, 0.05) is 25.1 Å². The lowest BCUT2D eigenvalue weighted by Gasteiger charge is -2.65. The van der Waals surface area contributed by atoms with Gasteiger partial charge in [-0.2, -0.15) is 0 Å². The zero-order valence-electron chi connectivity index (χ0n) is 16.0. The molecule has 144 valence electrons. The molecule has 2 bridgehead atoms. The summed E-state index contributed by atoms with van der Waals surface area (Å²) in [4.78, 5) is 15.1. The van der Waals surface area contributed by atoms with Crippen molar-refractivity contribution in [1.82, 2.24) is 10.2 Å². The smallest absolute Gasteiger partial charge is 0.217 e. The standard InChI is InChI=1S/C22H28N2O3/c1-13(25)23-22-8-2-3-18-21(22)9-10-24(12-14-4-5-14)17(22)11-15-6-7-16(26)20(27-18)19(15)21/h6-7,14,17-18,26H,2-5,8-12H2,1H3,(H,23,25)/t17-,18?,21-,22-/m1/s1. The monoisotopic (exact) mass is 368 g/mol. The number of hydrogen-bond donors (Lipinski definition) is 2. The van der Waals surface area contributed by atoms with Crippen LogP contribution in [0.5, 0.6) is 11.5 Å². The molecule has 1 aromatic carbocycles. The Morgan fingerprint density at radius 1 is 1.33 bits per heavy atom. The van der Waals surface area contributed by atoms with Crippen LogP contribution in [0.1, 0.15) is 56.6 Å². The Balaban J connectivity index is 1.58. The maximum absolute atomic E-state index is 12.4. The lowest BCUT2D eigenvalue weighted by molar-refractivity contribution is -0.132. The lowest BCUT2D eigenvalue weighted by Crippen LogP contribution is -2.80. The number of aromatic hydroxyl groups is 1. The van der Waals surface area contributed by atoms with Crippen LogP contribution in [0, 0.1) is 5.92 Å². The van der Waals surface area contributed by atoms with Crippen LogP contribution >= 0.6 is 0 Å². The maximum Gasteiger partial charge on any atom is 0.217 e. The summed E-state index contributed by atoms with van der Waals surface area (Å²) in [7, 11) is 0. The Labute approximate surface area is 160 Å². The van der Waals surface area contributed by atoms with Crippen LogP contribution in [0.2, 0.25) is 0 Å². The number of rotatable bonds is 3. The maximum atomic E-state index is 12.4. The molecule has 0 radical (unpaired) electrons. The molecule has 0 aromatic heterocycles. The molecule has 6 rings (SSSR count). The van der Waals surface area contributed by atoms with Gasteiger partial charge in [0.1, 0.15) is 6.10 Å². The fourth-order valence-electron chi connectivity index (χ4n) is 7.09. The predicted octanol–water partition coefficient (Wildman–Crippen LogP) is 2.49. The zero-order valence-corrected chi connectivity index (χ0v) is 16.0. The average molecular weight is 368 g/mol. The highest BCUT2D eigenvalue weighted by molar-refractivity contribution is 5.76. The first-order valence-electron chi connectivity index (χ1n) is 10.6. The van der Waals surface area contributed by atoms with E-state index in [4.69, 9.17) is 4.74 Å². The van der Waals surface area contributed by atoms with Crippen molar-refractivity contribution in [2.24, 2.45) is 5.92 Å². The van der Waals surface area contributed by atoms with Crippen LogP contribution in [0.3, 0.4) is 0 Å². The molecule has 1 unspecified atom stereocenters. The van der Waals surface area contributed by atoms with Gasteiger partial charge in [0.25, 0.3) is 0 Å². The van der Waals surface area contributed by atoms with Crippen molar-refractivity contribution in [3.05, 3.63) is 23.3 Å². The quantitative estimate of drug-likeness (QED) is 0.861. The second-order valence-electron chi connectivity index (χ2n) is 9.48. The van der Waals surface area contributed by atoms with Crippen LogP contribution in [-0.4, -0.2) is 46.7 Å². The average Bonchev–Trinajstić information content (AvgIpc) is 3.37. The molecule has 3 fully saturated rings. The predicted molar refractivity (Wildman–Crippen MR) is 101 cm³/mol. The zero-order chi connectivity index (χ0) is 18.4. The number of carbonyl (C=O) groups is 1. The largest absolute Gasteiger partial charge is 0.504 e. The summed E-state index contributed by atoms with van der Waals surface area (Å²) in [5.74, 6) is 1.85. The molecule has 5 nitrogen and oxygen atoms in total. The van der Waals surface area contributed by atoms with Crippen LogP contribution in [0.25, 0.3) is 0 Å². The van der Waals surface area contributed by atoms with E-state index in [1.165, 1.54) is 24.0 Å². The van der Waals surface area contributed by atoms with Crippen molar-refractivity contribution < 1.29 is 14.6 Å². The van der Waals surface area contributed by atoms with Crippen molar-refractivity contribution in [2.75, 3.05) is 13.1 Å². The Hall–Kier alpha value is -1.75. The van der Waals surface area contributed by atoms with Gasteiger partial charge in [0.15, 0.2) is 11.5 Å². The van der Waals surface area contributed by atoms with Crippen molar-refractivity contribution >= 4 is 5.91 Å². The molecule has 1 aromatic rings. The molecule has 2 aliphatic heterocycles. The summed E-state index contributed by atoms with van der Waals surface area (Å²) in [5.41, 5.74) is 2.06. The number of likely N-dealkylation sites (tertiary alicyclic amines) is 1. The number of carbonyl (C=O) groups excluding carboxylic acids is 1. The summed E-state index contributed by atoms with van der Waals surface area (Å²) in [6.45, 7) is 3.88. The highest BCUT2D eigenvalue weighted by atomic mass is 16.5. The summed E-state index contributed by atoms with van der Waals surface area (Å²) in [6, 6.07) is 4.22. The Morgan fingerprint density at radius 3 is 2.96 bits per heavy atom. The first kappa shape index (κ1) is 16.2. The van der Waals surface area contributed by atoms with Crippen molar-refractivity contribution in [1.29, 1.82) is 0 Å². The third kappa shape index (κ3) is 1.91. The van der Waals surface area contributed by atoms with Gasteiger partial charge in [0.2, 0.25) is 5.91 Å². The molecule has 2 N–H and O–H groups in total. The third-order valence-electron chi connectivity index (χ3n) is 8.12. The fourth-order valence-corrected chi connectivity index (χ4v) is 7.09. The highest BCUT2D eigenvalue weighted by Crippen LogP contribution is 2.65. The number of ether oxygens (including phenoxy) is 1. The number of nitrogens with one attached hydrogen (secondary N) is 1. The summed E-state index contributed by atoms with van der Waals surface area (Å²) >= 11 is 0. The summed E-state index contributed by atoms with van der Waals surface area (Å²) in [5, 5.41) is 14.0. The van der Waals surface area contributed by atoms with Crippen LogP contribution < -0.4 is 10.1 Å². The minimum absolute atomic E-state index is 0.0605. The van der Waals surface area contributed by atoms with Gasteiger partial charge in [-0.15, -0.1) is 0 Å². The van der Waals surface area contributed by atoms with E-state index in [2.05, 4.69) is 16.3 Å². The number of phenolic OH excluding ortho intramolecular Hbond substituents is 1. The molecule has 4 atom stereocenters. The number of phenols is 1. The van der Waals surface area contributed by atoms with Gasteiger partial charge in [-0.1, -0.05) is 6.07 Å². The molecule has 1 amide bonds. The van der Waals surface area contributed by atoms with Crippen molar-refractivity contribution in [3.8, 4) is 11.5 Å². The SMILES string of the molecule is CC(=O)N[C@@]12CCCC3Oc4c(O)ccc5c4[C@@]31CCN(CC1CC1)[C@@H]2C5. The molecule has 1 spiro atoms. The fraction of sp³-hybridized carbons (Fsp3) is 0.682. The first-order valence-corrected chi connectivity index (χ1v) is 10.6. The molecular formula is C22H28N2O3. The van der Waals surface area contributed by atoms with Gasteiger partial charge in [-0.25, -0.2) is 0 Å². The molecule has 2 saturated carbocycles. The highest BCUT2D eigenvalue weighted by Gasteiger charge is 2.71. The van der Waals surface area contributed by atoms with E-state index < -0.39 is 0 Å². The summed E-state index contributed by atoms with van der Waals surface area (Å²) < 4.78 is 6.42. The van der Waals surface area contributed by atoms with E-state index in [1.54, 1.807) is 13.0 Å². The third-order valence-corrected chi connectivity index (χ3v) is 8.12. The van der Waals surface area contributed by atoms with Crippen molar-refractivity contribution in [3.63, 3.8) is 0 Å². The Morgan fingerprint density at radius 2 is 2.19 bits per heavy atom. The van der Waals surface area contributed by atoms with E-state index in [0.29, 0.717) is 11.8 Å². The molecule has 1 saturated heterocycles. The topological polar surface area (TPSA) is 61.8 Å². The molecule has 3 aliphatic carbocycles. The second kappa shape index (κ2) is 5.19. The van der Waals surface area contributed by atoms with Crippen molar-refractivity contribution in [2.45, 2.75) is 75.0 Å². The van der Waals surface area contributed by atoms with E-state index in [0.717, 1.165) is 51.1 Å². The number of amides is 1. The van der Waals surface area contributed by atoms with Gasteiger partial charge in [0.05, 0.1) is 11.0 Å². The van der Waals surface area contributed by atoms with Gasteiger partial charge >= 0.3 is 0 Å². The minimum atomic E-state index is -0.277. The molecule has 5 aliphatic rings. The number of benzene rings is 1. The molecule has 2 heterocycles. The molecule has 5 heteroatoms. The first-order chi connectivity index (χ1) is 13.0. The van der Waals surface area contributed by atoms with E-state index in [-0.39, 0.29) is 28.7 Å². The normalized spacial score (nSPS) is 38.9. The second-order valence-corrected chi connectivity index (χ2v) is 9.48. The van der Waals surface area contributed by atoms with Crippen LogP contribution in [0.15, 0.2) is 12.1 Å². The Kier molecular flexibility index (Phi) is 3.12. The summed E-state index contributed by atoms with van der Waals surface area (Å²) in [6.07, 6.45) is 7.77. The van der Waals surface area contributed by atoms with Crippen LogP contribution in [-0.2, 0) is 16.6 Å². The number of hydrogen-bond acceptors (Lipinski definition) is 4. The van der Waals surface area contributed by atoms with Gasteiger partial charge < -0.3 is 15.2 Å². The van der Waals surface area contributed by atoms with E-state index in [9.17, 15) is 9.90 Å². The van der Waals surface area contributed by atoms with Gasteiger partial charge in [-0.05, 0) is 69.0 Å². The van der Waals surface area contributed by atoms with E-state index in [1.807, 2.05) is 0 Å². The van der Waals surface area contributed by atoms with Gasteiger partial charge in [-0.3, -0.25) is 9.69 Å². The number of nitrogens with zero attached hydrogens (tertiary/aromatic N) is 1. The van der Waals surface area contributed by atoms with E-state index >= 15 is 0 Å². The lowest BCUT2D eigenvalue weighted by atomic mass is 9.47. The minimum Gasteiger partial charge on any atom is -0.504 e. The van der Waals surface area contributed by atoms with Crippen LogP contribution in [0.4, 0.5) is 0 Å². The molecule has 27 heavy (non-hydrogen) atoms. The number of piperidine rings is 1. The molecular weight excluding hydrogens is 340 g/mol. The Bertz CT molecular complexity index is 835.